The second-order valence-electron chi connectivity index (χ2n) is 44.0. The number of rotatable bonds is 0. The van der Waals surface area contributed by atoms with Crippen LogP contribution in [0.15, 0.2) is 105 Å². The van der Waals surface area contributed by atoms with Crippen molar-refractivity contribution in [3.8, 4) is 0 Å². The molecule has 0 spiro atoms. The van der Waals surface area contributed by atoms with E-state index in [-0.39, 0.29) is 34.6 Å². The normalized spacial score (nSPS) is 51.0. The third kappa shape index (κ3) is 12.6. The summed E-state index contributed by atoms with van der Waals surface area (Å²) in [7, 11) is 0. The van der Waals surface area contributed by atoms with Crippen molar-refractivity contribution in [3.63, 3.8) is 0 Å². The van der Waals surface area contributed by atoms with Crippen LogP contribution in [0.25, 0.3) is 0 Å². The topological polar surface area (TPSA) is 129 Å². The molecule has 604 valence electrons. The number of ketones is 4. The van der Waals surface area contributed by atoms with Crippen LogP contribution in [0.2, 0.25) is 0 Å². The molecule has 0 heterocycles. The lowest BCUT2D eigenvalue weighted by atomic mass is 9.47. The number of carbonyl (C=O) groups is 4. The molecule has 20 aliphatic carbocycles. The van der Waals surface area contributed by atoms with Gasteiger partial charge in [-0.1, -0.05) is 156 Å². The van der Waals surface area contributed by atoms with Crippen molar-refractivity contribution in [1.82, 2.24) is 0 Å². The highest BCUT2D eigenvalue weighted by atomic mass is 16.3. The first kappa shape index (κ1) is 80.0. The number of fused-ring (bicyclic) bond motifs is 25. The van der Waals surface area contributed by atoms with Crippen molar-refractivity contribution < 1.29 is 34.5 Å². The molecule has 20 rings (SSSR count). The minimum absolute atomic E-state index is 0.0168. The molecule has 0 radical (unpaired) electrons. The number of hydrogen-bond donors (Lipinski definition) is 3. The van der Waals surface area contributed by atoms with E-state index in [4.69, 9.17) is 0 Å². The molecule has 110 heavy (non-hydrogen) atoms. The summed E-state index contributed by atoms with van der Waals surface area (Å²) >= 11 is 0. The first-order valence-corrected chi connectivity index (χ1v) is 46.6. The largest absolute Gasteiger partial charge is 0.393 e. The third-order valence-corrected chi connectivity index (χ3v) is 40.5. The van der Waals surface area contributed by atoms with Crippen molar-refractivity contribution >= 4 is 23.1 Å². The predicted molar refractivity (Wildman–Crippen MR) is 447 cm³/mol. The molecule has 0 bridgehead atoms. The molecule has 20 aliphatic rings. The van der Waals surface area contributed by atoms with Gasteiger partial charge in [0.2, 0.25) is 0 Å². The van der Waals surface area contributed by atoms with Gasteiger partial charge >= 0.3 is 0 Å². The zero-order valence-corrected chi connectivity index (χ0v) is 71.6. The Bertz CT molecular complexity index is 3930. The van der Waals surface area contributed by atoms with Crippen LogP contribution in [0.4, 0.5) is 0 Å². The number of aliphatic hydroxyl groups excluding tert-OH is 3. The molecule has 28 atom stereocenters. The predicted octanol–water partition coefficient (Wildman–Crippen LogP) is 24.5. The van der Waals surface area contributed by atoms with Crippen molar-refractivity contribution in [2.75, 3.05) is 0 Å². The smallest absolute Gasteiger partial charge is 0.155 e. The highest BCUT2D eigenvalue weighted by Crippen LogP contribution is 2.72. The van der Waals surface area contributed by atoms with Crippen LogP contribution in [-0.2, 0) is 19.2 Å². The fourth-order valence-electron chi connectivity index (χ4n) is 34.0. The van der Waals surface area contributed by atoms with E-state index in [0.717, 1.165) is 181 Å². The molecule has 15 fully saturated rings. The van der Waals surface area contributed by atoms with Crippen molar-refractivity contribution in [3.05, 3.63) is 105 Å². The van der Waals surface area contributed by atoms with Gasteiger partial charge in [0, 0.05) is 37.5 Å². The lowest BCUT2D eigenvalue weighted by molar-refractivity contribution is -0.132. The quantitative estimate of drug-likeness (QED) is 0.206. The number of hydrogen-bond acceptors (Lipinski definition) is 7. The SMILES string of the molecule is C/C=C1/CCC2C3CC=C4CC(=O)CC[C@]4(C)C3CC[C@]12C.C/C=C1/CCC2C3CC=C4C[C@@H](O)CC[C@]4(C)C3CC[C@]12C.C/C=C1/CCC2C3CCC4=CC(=O)CC[C@]4(C)C3CC[C@]12C.C/C=C1/[C@H](O)CC2C3CCC4=CC(=O)CC[C@]4(C)C3CC[C@]12C.C[C@]12CC[C@H](O)CC1=CCC1C2CC[C@]2(C)C(=O)CCC12. The first-order chi connectivity index (χ1) is 52.3. The summed E-state index contributed by atoms with van der Waals surface area (Å²) in [4.78, 5) is 48.0. The van der Waals surface area contributed by atoms with E-state index < -0.39 is 0 Å². The van der Waals surface area contributed by atoms with Crippen LogP contribution >= 0.6 is 0 Å². The van der Waals surface area contributed by atoms with Gasteiger partial charge in [0.1, 0.15) is 11.6 Å². The molecule has 0 aromatic heterocycles. The van der Waals surface area contributed by atoms with Gasteiger partial charge in [-0.3, -0.25) is 19.2 Å². The lowest BCUT2D eigenvalue weighted by Gasteiger charge is -2.57. The van der Waals surface area contributed by atoms with Gasteiger partial charge in [-0.05, 0) is 401 Å². The summed E-state index contributed by atoms with van der Waals surface area (Å²) in [5, 5.41) is 30.6. The Morgan fingerprint density at radius 3 is 1.08 bits per heavy atom. The fraction of sp³-hybridized carbons (Fsp3) is 0.786. The molecule has 7 nitrogen and oxygen atoms in total. The molecule has 7 heteroatoms. The maximum absolute atomic E-state index is 12.4. The molecule has 0 aliphatic heterocycles. The van der Waals surface area contributed by atoms with Crippen molar-refractivity contribution in [2.24, 2.45) is 143 Å². The average molecular weight is 1500 g/mol. The van der Waals surface area contributed by atoms with Gasteiger partial charge in [0.25, 0.3) is 0 Å². The summed E-state index contributed by atoms with van der Waals surface area (Å²) < 4.78 is 0. The number of aliphatic hydroxyl groups is 3. The fourth-order valence-corrected chi connectivity index (χ4v) is 34.0. The Kier molecular flexibility index (Phi) is 21.4. The van der Waals surface area contributed by atoms with E-state index in [0.29, 0.717) is 84.7 Å². The zero-order valence-electron chi connectivity index (χ0n) is 71.6. The molecule has 0 aromatic rings. The zero-order chi connectivity index (χ0) is 77.8. The number of Topliss-reactive ketones (excluding diaryl/α,β-unsaturated/α-hetero) is 2. The molecule has 15 unspecified atom stereocenters. The third-order valence-electron chi connectivity index (χ3n) is 40.5. The highest BCUT2D eigenvalue weighted by molar-refractivity contribution is 5.92. The van der Waals surface area contributed by atoms with Crippen LogP contribution in [0.1, 0.15) is 347 Å². The summed E-state index contributed by atoms with van der Waals surface area (Å²) in [5.41, 5.74) is 17.3. The Labute approximate surface area is 667 Å². The van der Waals surface area contributed by atoms with Gasteiger partial charge in [0.05, 0.1) is 18.3 Å². The van der Waals surface area contributed by atoms with Crippen LogP contribution in [-0.4, -0.2) is 56.8 Å². The maximum atomic E-state index is 12.4. The van der Waals surface area contributed by atoms with E-state index in [9.17, 15) is 34.5 Å². The van der Waals surface area contributed by atoms with E-state index in [1.165, 1.54) is 163 Å². The minimum atomic E-state index is -0.230. The Hall–Kier alpha value is -3.78. The van der Waals surface area contributed by atoms with Crippen LogP contribution in [0, 0.1) is 143 Å². The van der Waals surface area contributed by atoms with Gasteiger partial charge in [-0.15, -0.1) is 0 Å². The molecule has 0 amide bonds. The summed E-state index contributed by atoms with van der Waals surface area (Å²) in [6.45, 7) is 33.5. The van der Waals surface area contributed by atoms with Gasteiger partial charge in [0.15, 0.2) is 11.6 Å². The van der Waals surface area contributed by atoms with Gasteiger partial charge in [-0.2, -0.15) is 0 Å². The monoisotopic (exact) mass is 1500 g/mol. The molecular formula is C103H150O7. The standard InChI is InChI=1S/C21H30O2.C21H32O.2C21H30O.C19H28O2/c1-4-16-19(23)12-18-15-6-5-13-11-14(22)7-9-20(13,2)17(15)8-10-21(16,18)3;3*1-4-14-6-8-18-17-7-5-15-13-16(22)9-11-21(15,3)19(17)10-12-20(14,18)2;1-18-9-7-13(20)11-12(18)3-4-14-15-5-6-17(21)19(15,2)10-8-16(14)18/h4,11,15,17-19,23H,5-10,12H2,1-3H3;4-5,16-19,22H,6-13H2,1-3H3;4,13,17-19H,5-12H2,1-3H3;4-5,17-19H,6-13H2,1-3H3;3,13-16,20H,4-11H2,1-2H3/b16-4-;3*14-4-;/t15?,17?,18?,19-,20+,21-;16-,17?,18?,19?,20+,21-;2*17?,18?,19?,20-,21+;13-,14?,15?,16?,18-,19-/m10110/s1. The molecule has 15 saturated carbocycles. The lowest BCUT2D eigenvalue weighted by Crippen LogP contribution is -2.50. The van der Waals surface area contributed by atoms with Crippen LogP contribution in [0.5, 0.6) is 0 Å². The number of allylic oxidation sites excluding steroid dienone is 13. The van der Waals surface area contributed by atoms with Gasteiger partial charge < -0.3 is 15.3 Å². The molecule has 0 aromatic carbocycles. The second kappa shape index (κ2) is 29.4. The minimum Gasteiger partial charge on any atom is -0.393 e. The summed E-state index contributed by atoms with van der Waals surface area (Å²) in [6.07, 6.45) is 65.6. The van der Waals surface area contributed by atoms with Crippen molar-refractivity contribution in [2.45, 2.75) is 366 Å². The van der Waals surface area contributed by atoms with Crippen LogP contribution in [0.3, 0.4) is 0 Å². The summed E-state index contributed by atoms with van der Waals surface area (Å²) in [6, 6.07) is 0. The maximum Gasteiger partial charge on any atom is 0.155 e. The second-order valence-corrected chi connectivity index (χ2v) is 44.0. The highest BCUT2D eigenvalue weighted by Gasteiger charge is 2.64. The van der Waals surface area contributed by atoms with E-state index in [2.05, 4.69) is 139 Å². The van der Waals surface area contributed by atoms with E-state index in [1.54, 1.807) is 22.3 Å². The molecule has 3 N–H and O–H groups in total. The Morgan fingerprint density at radius 1 is 0.309 bits per heavy atom. The average Bonchev–Trinajstić information content (AvgIpc) is 1.46. The van der Waals surface area contributed by atoms with Crippen LogP contribution < -0.4 is 0 Å². The number of carbonyl (C=O) groups excluding carboxylic acids is 4. The van der Waals surface area contributed by atoms with Gasteiger partial charge in [-0.25, -0.2) is 0 Å². The van der Waals surface area contributed by atoms with Crippen molar-refractivity contribution in [1.29, 1.82) is 0 Å². The molecule has 0 saturated heterocycles. The molecular weight excluding hydrogens is 1350 g/mol. The van der Waals surface area contributed by atoms with E-state index in [1.807, 2.05) is 12.2 Å². The summed E-state index contributed by atoms with van der Waals surface area (Å²) in [5.74, 6) is 13.7. The Morgan fingerprint density at radius 2 is 0.645 bits per heavy atom. The first-order valence-electron chi connectivity index (χ1n) is 46.6. The van der Waals surface area contributed by atoms with E-state index >= 15 is 0 Å². The Balaban J connectivity index is 0.000000104.